The van der Waals surface area contributed by atoms with Gasteiger partial charge in [-0.1, -0.05) is 35.9 Å². The number of urea groups is 1. The average Bonchev–Trinajstić information content (AvgIpc) is 3.21. The van der Waals surface area contributed by atoms with E-state index < -0.39 is 21.7 Å². The molecule has 4 rings (SSSR count). The van der Waals surface area contributed by atoms with Crippen molar-refractivity contribution in [1.29, 1.82) is 0 Å². The molecule has 0 saturated carbocycles. The number of carbonyl (C=O) groups is 1. The fourth-order valence-corrected chi connectivity index (χ4v) is 5.31. The zero-order valence-corrected chi connectivity index (χ0v) is 23.8. The van der Waals surface area contributed by atoms with Crippen LogP contribution in [0.3, 0.4) is 0 Å². The van der Waals surface area contributed by atoms with Crippen LogP contribution in [0.2, 0.25) is 5.02 Å². The van der Waals surface area contributed by atoms with Gasteiger partial charge in [-0.15, -0.1) is 0 Å². The lowest BCUT2D eigenvalue weighted by molar-refractivity contribution is 0.232. The molecule has 0 aliphatic heterocycles. The lowest BCUT2D eigenvalue weighted by atomic mass is 10.1. The quantitative estimate of drug-likeness (QED) is 0.252. The first-order chi connectivity index (χ1) is 18.8. The van der Waals surface area contributed by atoms with Crippen LogP contribution >= 0.6 is 11.6 Å². The molecule has 0 saturated heterocycles. The highest BCUT2D eigenvalue weighted by Gasteiger charge is 2.19. The van der Waals surface area contributed by atoms with Crippen LogP contribution < -0.4 is 15.4 Å². The molecule has 2 amide bonds. The normalized spacial score (nSPS) is 12.1. The Hall–Kier alpha value is -3.54. The van der Waals surface area contributed by atoms with E-state index in [0.29, 0.717) is 41.4 Å². The van der Waals surface area contributed by atoms with Gasteiger partial charge in [0.2, 0.25) is 10.0 Å². The average molecular weight is 590 g/mol. The summed E-state index contributed by atoms with van der Waals surface area (Å²) in [5, 5.41) is 6.25. The van der Waals surface area contributed by atoms with Gasteiger partial charge in [-0.3, -0.25) is 0 Å². The number of aromatic nitrogens is 2. The maximum atomic E-state index is 13.5. The van der Waals surface area contributed by atoms with Crippen molar-refractivity contribution in [3.8, 4) is 0 Å². The van der Waals surface area contributed by atoms with Crippen molar-refractivity contribution in [3.63, 3.8) is 0 Å². The van der Waals surface area contributed by atoms with Gasteiger partial charge < -0.3 is 15.2 Å². The van der Waals surface area contributed by atoms with Crippen molar-refractivity contribution in [3.05, 3.63) is 94.3 Å². The predicted molar refractivity (Wildman–Crippen MR) is 151 cm³/mol. The third-order valence-corrected chi connectivity index (χ3v) is 7.74. The van der Waals surface area contributed by atoms with E-state index in [1.807, 2.05) is 43.5 Å². The number of hydrogen-bond donors (Lipinski definition) is 3. The topological polar surface area (TPSA) is 105 Å². The van der Waals surface area contributed by atoms with Crippen LogP contribution in [-0.4, -0.2) is 36.1 Å². The molecule has 212 valence electrons. The molecule has 3 aromatic carbocycles. The van der Waals surface area contributed by atoms with E-state index in [1.54, 1.807) is 12.1 Å². The van der Waals surface area contributed by atoms with Crippen molar-refractivity contribution in [2.45, 2.75) is 50.7 Å². The second kappa shape index (κ2) is 11.9. The molecule has 0 aliphatic rings. The fraction of sp³-hybridized carbons (Fsp3) is 0.286. The lowest BCUT2D eigenvalue weighted by Crippen LogP contribution is -2.46. The Morgan fingerprint density at radius 1 is 1.02 bits per heavy atom. The van der Waals surface area contributed by atoms with Crippen molar-refractivity contribution in [2.24, 2.45) is 0 Å². The van der Waals surface area contributed by atoms with Crippen LogP contribution in [0.4, 0.5) is 13.6 Å². The maximum absolute atomic E-state index is 13.5. The zero-order valence-electron chi connectivity index (χ0n) is 22.3. The number of nitrogens with one attached hydrogen (secondary N) is 3. The van der Waals surface area contributed by atoms with Crippen molar-refractivity contribution in [2.75, 3.05) is 6.54 Å². The van der Waals surface area contributed by atoms with Gasteiger partial charge in [0.05, 0.1) is 22.5 Å². The summed E-state index contributed by atoms with van der Waals surface area (Å²) in [6.07, 6.45) is 0.382. The largest absolute Gasteiger partial charge is 0.338 e. The molecular formula is C28H30ClF2N5O3S. The number of fused-ring (bicyclic) bond motifs is 1. The van der Waals surface area contributed by atoms with Crippen LogP contribution in [0.1, 0.15) is 37.7 Å². The molecule has 1 aromatic heterocycles. The highest BCUT2D eigenvalue weighted by atomic mass is 35.5. The van der Waals surface area contributed by atoms with E-state index in [0.717, 1.165) is 17.7 Å². The molecule has 0 bridgehead atoms. The molecule has 1 heterocycles. The number of halogens is 3. The fourth-order valence-electron chi connectivity index (χ4n) is 4.07. The number of hydrogen-bond acceptors (Lipinski definition) is 4. The van der Waals surface area contributed by atoms with Gasteiger partial charge in [0.15, 0.2) is 11.6 Å². The highest BCUT2D eigenvalue weighted by molar-refractivity contribution is 7.89. The minimum atomic E-state index is -3.99. The molecule has 3 N–H and O–H groups in total. The monoisotopic (exact) mass is 589 g/mol. The number of carbonyl (C=O) groups excluding carboxylic acids is 1. The molecule has 0 fully saturated rings. The summed E-state index contributed by atoms with van der Waals surface area (Å²) >= 11 is 6.41. The summed E-state index contributed by atoms with van der Waals surface area (Å²) in [6, 6.07) is 14.9. The summed E-state index contributed by atoms with van der Waals surface area (Å²) in [4.78, 5) is 16.9. The van der Waals surface area contributed by atoms with Crippen LogP contribution in [0.5, 0.6) is 0 Å². The molecule has 0 atom stereocenters. The number of imidazole rings is 1. The van der Waals surface area contributed by atoms with Gasteiger partial charge in [-0.2, -0.15) is 0 Å². The van der Waals surface area contributed by atoms with Crippen molar-refractivity contribution in [1.82, 2.24) is 24.9 Å². The van der Waals surface area contributed by atoms with Crippen molar-refractivity contribution >= 4 is 38.7 Å². The van der Waals surface area contributed by atoms with Crippen molar-refractivity contribution < 1.29 is 22.0 Å². The molecule has 40 heavy (non-hydrogen) atoms. The molecule has 8 nitrogen and oxygen atoms in total. The SMILES string of the molecule is CC(C)(C)NC(=O)NCCc1nc2cc(S(=O)(=O)NCc3ccc(F)c(F)c3)ccc2n1Cc1ccccc1Cl. The number of benzene rings is 3. The van der Waals surface area contributed by atoms with Crippen LogP contribution in [0.25, 0.3) is 11.0 Å². The summed E-state index contributed by atoms with van der Waals surface area (Å²) < 4.78 is 57.1. The van der Waals surface area contributed by atoms with E-state index in [9.17, 15) is 22.0 Å². The van der Waals surface area contributed by atoms with E-state index >= 15 is 0 Å². The molecule has 0 radical (unpaired) electrons. The standard InChI is InChI=1S/C28H30ClF2N5O3S/c1-28(2,3)35-27(37)32-13-12-26-34-24-15-20(40(38,39)33-16-18-8-10-22(30)23(31)14-18)9-11-25(24)36(26)17-19-6-4-5-7-21(19)29/h4-11,14-15,33H,12-13,16-17H2,1-3H3,(H2,32,35,37). The third kappa shape index (κ3) is 7.35. The van der Waals surface area contributed by atoms with Gasteiger partial charge >= 0.3 is 6.03 Å². The Morgan fingerprint density at radius 3 is 2.48 bits per heavy atom. The first kappa shape index (κ1) is 29.4. The first-order valence-electron chi connectivity index (χ1n) is 12.5. The summed E-state index contributed by atoms with van der Waals surface area (Å²) in [6.45, 7) is 6.12. The van der Waals surface area contributed by atoms with Gasteiger partial charge in [0.25, 0.3) is 0 Å². The molecule has 0 unspecified atom stereocenters. The van der Waals surface area contributed by atoms with E-state index in [1.165, 1.54) is 18.2 Å². The van der Waals surface area contributed by atoms with Gasteiger partial charge in [-0.05, 0) is 68.3 Å². The molecule has 0 aliphatic carbocycles. The molecule has 12 heteroatoms. The van der Waals surface area contributed by atoms with E-state index in [2.05, 4.69) is 20.3 Å². The molecule has 0 spiro atoms. The highest BCUT2D eigenvalue weighted by Crippen LogP contribution is 2.24. The van der Waals surface area contributed by atoms with Gasteiger partial charge in [0, 0.05) is 30.1 Å². The summed E-state index contributed by atoms with van der Waals surface area (Å²) in [7, 11) is -3.99. The van der Waals surface area contributed by atoms with Crippen LogP contribution in [0, 0.1) is 11.6 Å². The summed E-state index contributed by atoms with van der Waals surface area (Å²) in [5.74, 6) is -1.43. The Bertz CT molecular complexity index is 1650. The second-order valence-electron chi connectivity index (χ2n) is 10.3. The predicted octanol–water partition coefficient (Wildman–Crippen LogP) is 5.13. The summed E-state index contributed by atoms with van der Waals surface area (Å²) in [5.41, 5.74) is 1.87. The number of sulfonamides is 1. The maximum Gasteiger partial charge on any atom is 0.315 e. The third-order valence-electron chi connectivity index (χ3n) is 5.97. The van der Waals surface area contributed by atoms with E-state index in [4.69, 9.17) is 11.6 Å². The number of rotatable bonds is 9. The zero-order chi connectivity index (χ0) is 29.1. The smallest absolute Gasteiger partial charge is 0.315 e. The molecule has 4 aromatic rings. The number of nitrogens with zero attached hydrogens (tertiary/aromatic N) is 2. The Kier molecular flexibility index (Phi) is 8.77. The van der Waals surface area contributed by atoms with Crippen LogP contribution in [-0.2, 0) is 29.5 Å². The van der Waals surface area contributed by atoms with Gasteiger partial charge in [0.1, 0.15) is 5.82 Å². The minimum absolute atomic E-state index is 0.0285. The molecular weight excluding hydrogens is 560 g/mol. The lowest BCUT2D eigenvalue weighted by Gasteiger charge is -2.20. The Morgan fingerprint density at radius 2 is 1.77 bits per heavy atom. The van der Waals surface area contributed by atoms with Crippen LogP contribution in [0.15, 0.2) is 65.6 Å². The van der Waals surface area contributed by atoms with Gasteiger partial charge in [-0.25, -0.2) is 31.7 Å². The first-order valence-corrected chi connectivity index (χ1v) is 14.4. The Balaban J connectivity index is 1.60. The number of amides is 2. The second-order valence-corrected chi connectivity index (χ2v) is 12.5. The van der Waals surface area contributed by atoms with E-state index in [-0.39, 0.29) is 28.6 Å². The Labute approximate surface area is 236 Å². The minimum Gasteiger partial charge on any atom is -0.338 e.